The van der Waals surface area contributed by atoms with Gasteiger partial charge in [-0.2, -0.15) is 0 Å². The highest BCUT2D eigenvalue weighted by Gasteiger charge is 2.34. The van der Waals surface area contributed by atoms with Gasteiger partial charge in [-0.1, -0.05) is 0 Å². The van der Waals surface area contributed by atoms with E-state index in [0.29, 0.717) is 11.5 Å². The van der Waals surface area contributed by atoms with Crippen LogP contribution in [0.4, 0.5) is 4.39 Å². The number of rotatable bonds is 6. The molecule has 0 unspecified atom stereocenters. The molecule has 2 aromatic carbocycles. The smallest absolute Gasteiger partial charge is 0.250 e. The number of amides is 1. The summed E-state index contributed by atoms with van der Waals surface area (Å²) < 4.78 is 43.2. The highest BCUT2D eigenvalue weighted by atomic mass is 32.2. The predicted molar refractivity (Wildman–Crippen MR) is 88.7 cm³/mol. The van der Waals surface area contributed by atoms with E-state index in [4.69, 9.17) is 9.94 Å². The van der Waals surface area contributed by atoms with Gasteiger partial charge >= 0.3 is 0 Å². The van der Waals surface area contributed by atoms with E-state index in [-0.39, 0.29) is 10.7 Å². The Morgan fingerprint density at radius 1 is 1.08 bits per heavy atom. The SMILES string of the molecule is CC(C)(CS(=O)(=O)c1ccc(Oc2ccc(F)cc2)cc1)C(=O)NO. The summed E-state index contributed by atoms with van der Waals surface area (Å²) in [5.74, 6) is -0.837. The molecule has 134 valence electrons. The number of carbonyl (C=O) groups excluding carboxylic acids is 1. The molecule has 0 aliphatic heterocycles. The first-order valence-corrected chi connectivity index (χ1v) is 9.00. The van der Waals surface area contributed by atoms with Crippen molar-refractivity contribution in [1.29, 1.82) is 0 Å². The van der Waals surface area contributed by atoms with Gasteiger partial charge < -0.3 is 4.74 Å². The van der Waals surface area contributed by atoms with Crippen molar-refractivity contribution in [3.63, 3.8) is 0 Å². The fourth-order valence-corrected chi connectivity index (χ4v) is 3.93. The van der Waals surface area contributed by atoms with Crippen molar-refractivity contribution in [2.24, 2.45) is 5.41 Å². The highest BCUT2D eigenvalue weighted by molar-refractivity contribution is 7.91. The lowest BCUT2D eigenvalue weighted by Gasteiger charge is -2.21. The lowest BCUT2D eigenvalue weighted by atomic mass is 9.96. The zero-order valence-corrected chi connectivity index (χ0v) is 14.5. The maximum absolute atomic E-state index is 12.9. The Morgan fingerprint density at radius 2 is 1.56 bits per heavy atom. The summed E-state index contributed by atoms with van der Waals surface area (Å²) in [6.07, 6.45) is 0. The molecule has 0 bridgehead atoms. The molecule has 2 aromatic rings. The molecule has 8 heteroatoms. The largest absolute Gasteiger partial charge is 0.457 e. The van der Waals surface area contributed by atoms with Crippen molar-refractivity contribution in [1.82, 2.24) is 5.48 Å². The molecule has 25 heavy (non-hydrogen) atoms. The molecule has 0 heterocycles. The quantitative estimate of drug-likeness (QED) is 0.605. The number of nitrogens with one attached hydrogen (secondary N) is 1. The van der Waals surface area contributed by atoms with E-state index in [9.17, 15) is 17.6 Å². The van der Waals surface area contributed by atoms with Crippen LogP contribution in [0.1, 0.15) is 13.8 Å². The number of ether oxygens (including phenoxy) is 1. The van der Waals surface area contributed by atoms with E-state index in [0.717, 1.165) is 0 Å². The predicted octanol–water partition coefficient (Wildman–Crippen LogP) is 2.92. The third-order valence-corrected chi connectivity index (χ3v) is 5.59. The molecule has 0 atom stereocenters. The van der Waals surface area contributed by atoms with Gasteiger partial charge in [0.1, 0.15) is 17.3 Å². The minimum Gasteiger partial charge on any atom is -0.457 e. The van der Waals surface area contributed by atoms with Gasteiger partial charge in [0, 0.05) is 0 Å². The normalized spacial score (nSPS) is 11.8. The Morgan fingerprint density at radius 3 is 2.04 bits per heavy atom. The van der Waals surface area contributed by atoms with Gasteiger partial charge in [0.2, 0.25) is 5.91 Å². The zero-order chi connectivity index (χ0) is 18.7. The molecule has 0 saturated heterocycles. The summed E-state index contributed by atoms with van der Waals surface area (Å²) in [7, 11) is -3.75. The molecule has 0 saturated carbocycles. The molecule has 0 spiro atoms. The second-order valence-corrected chi connectivity index (χ2v) is 8.10. The summed E-state index contributed by atoms with van der Waals surface area (Å²) in [4.78, 5) is 11.6. The minimum atomic E-state index is -3.75. The Balaban J connectivity index is 2.15. The molecular weight excluding hydrogens is 349 g/mol. The van der Waals surface area contributed by atoms with Gasteiger partial charge in [-0.3, -0.25) is 10.0 Å². The second-order valence-electron chi connectivity index (χ2n) is 6.11. The third-order valence-electron chi connectivity index (χ3n) is 3.50. The van der Waals surface area contributed by atoms with Crippen LogP contribution in [-0.4, -0.2) is 25.3 Å². The molecule has 0 radical (unpaired) electrons. The van der Waals surface area contributed by atoms with Crippen LogP contribution in [0.5, 0.6) is 11.5 Å². The van der Waals surface area contributed by atoms with Crippen LogP contribution < -0.4 is 10.2 Å². The van der Waals surface area contributed by atoms with Crippen LogP contribution in [-0.2, 0) is 14.6 Å². The van der Waals surface area contributed by atoms with E-state index in [2.05, 4.69) is 0 Å². The molecule has 2 N–H and O–H groups in total. The van der Waals surface area contributed by atoms with Crippen LogP contribution in [0.25, 0.3) is 0 Å². The summed E-state index contributed by atoms with van der Waals surface area (Å²) in [6, 6.07) is 11.1. The lowest BCUT2D eigenvalue weighted by molar-refractivity contribution is -0.136. The van der Waals surface area contributed by atoms with Crippen molar-refractivity contribution in [3.05, 3.63) is 54.3 Å². The van der Waals surface area contributed by atoms with Crippen molar-refractivity contribution in [2.75, 3.05) is 5.75 Å². The van der Waals surface area contributed by atoms with Crippen molar-refractivity contribution in [2.45, 2.75) is 18.7 Å². The van der Waals surface area contributed by atoms with Gasteiger partial charge in [-0.25, -0.2) is 18.3 Å². The lowest BCUT2D eigenvalue weighted by Crippen LogP contribution is -2.40. The Bertz CT molecular complexity index is 846. The van der Waals surface area contributed by atoms with E-state index in [1.807, 2.05) is 0 Å². The first-order chi connectivity index (χ1) is 11.6. The number of benzene rings is 2. The van der Waals surface area contributed by atoms with Crippen molar-refractivity contribution in [3.8, 4) is 11.5 Å². The number of hydroxylamine groups is 1. The van der Waals surface area contributed by atoms with E-state index < -0.39 is 26.9 Å². The number of hydrogen-bond donors (Lipinski definition) is 2. The highest BCUT2D eigenvalue weighted by Crippen LogP contribution is 2.26. The monoisotopic (exact) mass is 367 g/mol. The summed E-state index contributed by atoms with van der Waals surface area (Å²) in [5, 5.41) is 8.70. The molecule has 0 fully saturated rings. The molecule has 0 aromatic heterocycles. The van der Waals surface area contributed by atoms with Gasteiger partial charge in [0.25, 0.3) is 0 Å². The number of halogens is 1. The summed E-state index contributed by atoms with van der Waals surface area (Å²) in [6.45, 7) is 2.84. The standard InChI is InChI=1S/C17H18FNO5S/c1-17(2,16(20)19-21)11-25(22,23)15-9-7-14(8-10-15)24-13-5-3-12(18)4-6-13/h3-10,21H,11H2,1-2H3,(H,19,20). The fourth-order valence-electron chi connectivity index (χ4n) is 2.13. The summed E-state index contributed by atoms with van der Waals surface area (Å²) in [5.41, 5.74) is 0.175. The van der Waals surface area contributed by atoms with Crippen molar-refractivity contribution < 1.29 is 27.5 Å². The number of sulfone groups is 1. The van der Waals surface area contributed by atoms with Crippen LogP contribution in [0.15, 0.2) is 53.4 Å². The first kappa shape index (κ1) is 18.9. The van der Waals surface area contributed by atoms with Crippen LogP contribution in [0.2, 0.25) is 0 Å². The Hall–Kier alpha value is -2.45. The van der Waals surface area contributed by atoms with Gasteiger partial charge in [-0.05, 0) is 62.4 Å². The van der Waals surface area contributed by atoms with E-state index >= 15 is 0 Å². The second kappa shape index (κ2) is 7.20. The minimum absolute atomic E-state index is 0.0257. The topological polar surface area (TPSA) is 92.7 Å². The van der Waals surface area contributed by atoms with E-state index in [1.165, 1.54) is 67.9 Å². The maximum Gasteiger partial charge on any atom is 0.250 e. The van der Waals surface area contributed by atoms with Gasteiger partial charge in [0.15, 0.2) is 9.84 Å². The van der Waals surface area contributed by atoms with Crippen molar-refractivity contribution >= 4 is 15.7 Å². The average molecular weight is 367 g/mol. The maximum atomic E-state index is 12.9. The van der Waals surface area contributed by atoms with Crippen LogP contribution in [0.3, 0.4) is 0 Å². The van der Waals surface area contributed by atoms with Crippen LogP contribution in [0, 0.1) is 11.2 Å². The zero-order valence-electron chi connectivity index (χ0n) is 13.7. The Labute approximate surface area is 145 Å². The molecule has 6 nitrogen and oxygen atoms in total. The fraction of sp³-hybridized carbons (Fsp3) is 0.235. The van der Waals surface area contributed by atoms with Crippen LogP contribution >= 0.6 is 0 Å². The van der Waals surface area contributed by atoms with Gasteiger partial charge in [-0.15, -0.1) is 0 Å². The molecule has 2 rings (SSSR count). The Kier molecular flexibility index (Phi) is 5.44. The van der Waals surface area contributed by atoms with Gasteiger partial charge in [0.05, 0.1) is 16.1 Å². The molecule has 0 aliphatic rings. The third kappa shape index (κ3) is 4.77. The number of hydrogen-bond acceptors (Lipinski definition) is 5. The van der Waals surface area contributed by atoms with E-state index in [1.54, 1.807) is 0 Å². The number of carbonyl (C=O) groups is 1. The first-order valence-electron chi connectivity index (χ1n) is 7.35. The average Bonchev–Trinajstić information content (AvgIpc) is 2.55. The molecular formula is C17H18FNO5S. The molecule has 0 aliphatic carbocycles. The molecule has 1 amide bonds. The summed E-state index contributed by atoms with van der Waals surface area (Å²) >= 11 is 0.